The molecule has 1 unspecified atom stereocenters. The van der Waals surface area contributed by atoms with E-state index >= 15 is 0 Å². The maximum Gasteiger partial charge on any atom is 0.417 e. The topological polar surface area (TPSA) is 12.0 Å². The molecule has 1 aromatic rings. The van der Waals surface area contributed by atoms with Gasteiger partial charge in [0.1, 0.15) is 0 Å². The summed E-state index contributed by atoms with van der Waals surface area (Å²) in [6.45, 7) is 4.31. The summed E-state index contributed by atoms with van der Waals surface area (Å²) in [5.74, 6) is 0. The van der Waals surface area contributed by atoms with Crippen LogP contribution in [0.3, 0.4) is 0 Å². The van der Waals surface area contributed by atoms with Crippen molar-refractivity contribution in [3.63, 3.8) is 0 Å². The molecule has 0 saturated heterocycles. The van der Waals surface area contributed by atoms with Gasteiger partial charge in [0.25, 0.3) is 0 Å². The van der Waals surface area contributed by atoms with Crippen LogP contribution < -0.4 is 5.32 Å². The summed E-state index contributed by atoms with van der Waals surface area (Å²) in [6.07, 6.45) is -1.10. The zero-order chi connectivity index (χ0) is 14.3. The van der Waals surface area contributed by atoms with Gasteiger partial charge in [-0.3, -0.25) is 0 Å². The Morgan fingerprint density at radius 2 is 2.00 bits per heavy atom. The molecule has 1 atom stereocenters. The van der Waals surface area contributed by atoms with Crippen molar-refractivity contribution in [2.75, 3.05) is 5.32 Å². The number of benzene rings is 1. The normalized spacial score (nSPS) is 22.5. The molecule has 0 aromatic heterocycles. The van der Waals surface area contributed by atoms with Crippen molar-refractivity contribution < 1.29 is 13.2 Å². The van der Waals surface area contributed by atoms with Crippen molar-refractivity contribution in [3.8, 4) is 0 Å². The molecule has 106 valence electrons. The van der Waals surface area contributed by atoms with Crippen LogP contribution in [0.1, 0.15) is 38.7 Å². The molecule has 1 N–H and O–H groups in total. The van der Waals surface area contributed by atoms with Crippen molar-refractivity contribution in [3.05, 3.63) is 28.2 Å². The second kappa shape index (κ2) is 5.00. The van der Waals surface area contributed by atoms with Gasteiger partial charge in [-0.25, -0.2) is 0 Å². The Kier molecular flexibility index (Phi) is 3.87. The first kappa shape index (κ1) is 14.7. The Labute approximate surface area is 119 Å². The van der Waals surface area contributed by atoms with E-state index < -0.39 is 11.7 Å². The highest BCUT2D eigenvalue weighted by Gasteiger charge is 2.36. The van der Waals surface area contributed by atoms with E-state index in [1.54, 1.807) is 6.07 Å². The fourth-order valence-corrected chi connectivity index (χ4v) is 3.10. The molecule has 2 rings (SSSR count). The van der Waals surface area contributed by atoms with Crippen LogP contribution in [0, 0.1) is 5.41 Å². The zero-order valence-electron chi connectivity index (χ0n) is 10.9. The lowest BCUT2D eigenvalue weighted by Gasteiger charge is -2.29. The molecular weight excluding hydrogens is 319 g/mol. The predicted octanol–water partition coefficient (Wildman–Crippen LogP) is 5.46. The first-order valence-corrected chi connectivity index (χ1v) is 7.13. The molecule has 0 bridgehead atoms. The van der Waals surface area contributed by atoms with Gasteiger partial charge in [0.2, 0.25) is 0 Å². The number of hydrogen-bond donors (Lipinski definition) is 1. The molecule has 0 aliphatic heterocycles. The summed E-state index contributed by atoms with van der Waals surface area (Å²) in [6, 6.07) is 4.55. The van der Waals surface area contributed by atoms with Crippen LogP contribution in [0.25, 0.3) is 0 Å². The third-order valence-corrected chi connectivity index (χ3v) is 4.56. The fraction of sp³-hybridized carbons (Fsp3) is 0.571. The molecule has 1 nitrogen and oxygen atoms in total. The van der Waals surface area contributed by atoms with E-state index in [0.717, 1.165) is 19.3 Å². The minimum absolute atomic E-state index is 0.0798. The molecule has 19 heavy (non-hydrogen) atoms. The SMILES string of the molecule is CC1(C)CCCC1Nc1ccc(Br)c(C(F)(F)F)c1. The van der Waals surface area contributed by atoms with Crippen LogP contribution >= 0.6 is 15.9 Å². The van der Waals surface area contributed by atoms with Crippen molar-refractivity contribution in [2.45, 2.75) is 45.3 Å². The smallest absolute Gasteiger partial charge is 0.382 e. The third kappa shape index (κ3) is 3.25. The van der Waals surface area contributed by atoms with Gasteiger partial charge in [0.15, 0.2) is 0 Å². The van der Waals surface area contributed by atoms with Crippen molar-refractivity contribution in [1.29, 1.82) is 0 Å². The highest BCUT2D eigenvalue weighted by molar-refractivity contribution is 9.10. The largest absolute Gasteiger partial charge is 0.417 e. The molecule has 0 radical (unpaired) electrons. The number of alkyl halides is 3. The Morgan fingerprint density at radius 3 is 2.53 bits per heavy atom. The van der Waals surface area contributed by atoms with Crippen molar-refractivity contribution in [2.24, 2.45) is 5.41 Å². The van der Waals surface area contributed by atoms with Crippen LogP contribution in [-0.4, -0.2) is 6.04 Å². The number of halogens is 4. The first-order valence-electron chi connectivity index (χ1n) is 6.33. The fourth-order valence-electron chi connectivity index (χ4n) is 2.63. The van der Waals surface area contributed by atoms with E-state index in [0.29, 0.717) is 5.69 Å². The molecule has 1 saturated carbocycles. The summed E-state index contributed by atoms with van der Waals surface area (Å²) in [5, 5.41) is 3.25. The molecule has 0 amide bonds. The highest BCUT2D eigenvalue weighted by Crippen LogP contribution is 2.40. The van der Waals surface area contributed by atoms with Gasteiger partial charge < -0.3 is 5.32 Å². The standard InChI is InChI=1S/C14H17BrF3N/c1-13(2)7-3-4-12(13)19-9-5-6-11(15)10(8-9)14(16,17)18/h5-6,8,12,19H,3-4,7H2,1-2H3. The predicted molar refractivity (Wildman–Crippen MR) is 74.2 cm³/mol. The Bertz CT molecular complexity index is 468. The summed E-state index contributed by atoms with van der Waals surface area (Å²) in [5.41, 5.74) is 0.0367. The summed E-state index contributed by atoms with van der Waals surface area (Å²) < 4.78 is 38.6. The van der Waals surface area contributed by atoms with Crippen LogP contribution in [0.5, 0.6) is 0 Å². The van der Waals surface area contributed by atoms with Crippen LogP contribution in [0.15, 0.2) is 22.7 Å². The number of hydrogen-bond acceptors (Lipinski definition) is 1. The average Bonchev–Trinajstić information content (AvgIpc) is 2.59. The first-order chi connectivity index (χ1) is 8.70. The lowest BCUT2D eigenvalue weighted by Crippen LogP contribution is -2.30. The average molecular weight is 336 g/mol. The lowest BCUT2D eigenvalue weighted by atomic mass is 9.87. The maximum atomic E-state index is 12.8. The summed E-state index contributed by atoms with van der Waals surface area (Å²) in [4.78, 5) is 0. The van der Waals surface area contributed by atoms with Gasteiger partial charge in [0.05, 0.1) is 5.56 Å². The van der Waals surface area contributed by atoms with Gasteiger partial charge in [-0.1, -0.05) is 36.2 Å². The minimum atomic E-state index is -4.33. The van der Waals surface area contributed by atoms with E-state index in [2.05, 4.69) is 35.1 Å². The molecule has 1 fully saturated rings. The quantitative estimate of drug-likeness (QED) is 0.756. The monoisotopic (exact) mass is 335 g/mol. The van der Waals surface area contributed by atoms with Crippen molar-refractivity contribution >= 4 is 21.6 Å². The number of rotatable bonds is 2. The van der Waals surface area contributed by atoms with Gasteiger partial charge in [-0.2, -0.15) is 13.2 Å². The second-order valence-electron chi connectivity index (χ2n) is 5.77. The lowest BCUT2D eigenvalue weighted by molar-refractivity contribution is -0.138. The van der Waals surface area contributed by atoms with Gasteiger partial charge in [-0.05, 0) is 36.5 Å². The summed E-state index contributed by atoms with van der Waals surface area (Å²) in [7, 11) is 0. The summed E-state index contributed by atoms with van der Waals surface area (Å²) >= 11 is 2.95. The Balaban J connectivity index is 2.23. The number of anilines is 1. The van der Waals surface area contributed by atoms with Gasteiger partial charge in [-0.15, -0.1) is 0 Å². The Morgan fingerprint density at radius 1 is 1.32 bits per heavy atom. The van der Waals surface area contributed by atoms with Crippen LogP contribution in [0.4, 0.5) is 18.9 Å². The zero-order valence-corrected chi connectivity index (χ0v) is 12.5. The van der Waals surface area contributed by atoms with Gasteiger partial charge >= 0.3 is 6.18 Å². The molecule has 5 heteroatoms. The number of nitrogens with one attached hydrogen (secondary N) is 1. The van der Waals surface area contributed by atoms with Gasteiger partial charge in [0, 0.05) is 16.2 Å². The molecular formula is C14H17BrF3N. The molecule has 0 spiro atoms. The second-order valence-corrected chi connectivity index (χ2v) is 6.62. The van der Waals surface area contributed by atoms with Crippen LogP contribution in [0.2, 0.25) is 0 Å². The van der Waals surface area contributed by atoms with E-state index in [-0.39, 0.29) is 15.9 Å². The van der Waals surface area contributed by atoms with Crippen LogP contribution in [-0.2, 0) is 6.18 Å². The third-order valence-electron chi connectivity index (χ3n) is 3.87. The molecule has 1 aromatic carbocycles. The molecule has 0 heterocycles. The Hall–Kier alpha value is -0.710. The molecule has 1 aliphatic rings. The molecule has 1 aliphatic carbocycles. The van der Waals surface area contributed by atoms with E-state index in [9.17, 15) is 13.2 Å². The maximum absolute atomic E-state index is 12.8. The van der Waals surface area contributed by atoms with E-state index in [1.807, 2.05) is 0 Å². The minimum Gasteiger partial charge on any atom is -0.382 e. The van der Waals surface area contributed by atoms with Crippen molar-refractivity contribution in [1.82, 2.24) is 0 Å². The highest BCUT2D eigenvalue weighted by atomic mass is 79.9. The van der Waals surface area contributed by atoms with E-state index in [1.165, 1.54) is 12.1 Å². The van der Waals surface area contributed by atoms with E-state index in [4.69, 9.17) is 0 Å².